The van der Waals surface area contributed by atoms with E-state index in [1.807, 2.05) is 14.1 Å². The van der Waals surface area contributed by atoms with Crippen molar-refractivity contribution in [3.05, 3.63) is 0 Å². The summed E-state index contributed by atoms with van der Waals surface area (Å²) in [7, 11) is 4.05. The van der Waals surface area contributed by atoms with E-state index in [-0.39, 0.29) is 11.8 Å². The van der Waals surface area contributed by atoms with Gasteiger partial charge in [0.2, 0.25) is 5.91 Å². The fourth-order valence-electron chi connectivity index (χ4n) is 2.37. The van der Waals surface area contributed by atoms with Gasteiger partial charge in [0.15, 0.2) is 0 Å². The molecule has 1 amide bonds. The highest BCUT2D eigenvalue weighted by atomic mass is 16.3. The van der Waals surface area contributed by atoms with Gasteiger partial charge < -0.3 is 21.1 Å². The van der Waals surface area contributed by atoms with Crippen LogP contribution in [0.1, 0.15) is 32.1 Å². The lowest BCUT2D eigenvalue weighted by molar-refractivity contribution is -0.127. The Morgan fingerprint density at radius 1 is 1.44 bits per heavy atom. The second-order valence-corrected chi connectivity index (χ2v) is 5.65. The normalized spacial score (nSPS) is 28.4. The first-order chi connectivity index (χ1) is 8.47. The van der Waals surface area contributed by atoms with Crippen LogP contribution in [0.4, 0.5) is 0 Å². The summed E-state index contributed by atoms with van der Waals surface area (Å²) in [5.41, 5.74) is 4.80. The lowest BCUT2D eigenvalue weighted by Crippen LogP contribution is -2.44. The Morgan fingerprint density at radius 3 is 2.56 bits per heavy atom. The first-order valence-electron chi connectivity index (χ1n) is 6.82. The summed E-state index contributed by atoms with van der Waals surface area (Å²) in [5.74, 6) is 0.184. The minimum atomic E-state index is -0.734. The van der Waals surface area contributed by atoms with Crippen molar-refractivity contribution in [2.75, 3.05) is 33.7 Å². The zero-order chi connectivity index (χ0) is 13.6. The highest BCUT2D eigenvalue weighted by Gasteiger charge is 2.34. The van der Waals surface area contributed by atoms with Crippen molar-refractivity contribution < 1.29 is 9.90 Å². The van der Waals surface area contributed by atoms with E-state index in [4.69, 9.17) is 5.73 Å². The molecule has 0 aliphatic heterocycles. The molecule has 0 unspecified atom stereocenters. The van der Waals surface area contributed by atoms with E-state index in [9.17, 15) is 9.90 Å². The van der Waals surface area contributed by atoms with Crippen LogP contribution in [0.15, 0.2) is 0 Å². The molecule has 0 spiro atoms. The highest BCUT2D eigenvalue weighted by molar-refractivity contribution is 5.78. The Morgan fingerprint density at radius 2 is 2.06 bits per heavy atom. The molecule has 1 rings (SSSR count). The Hall–Kier alpha value is -0.650. The summed E-state index contributed by atoms with van der Waals surface area (Å²) >= 11 is 0. The quantitative estimate of drug-likeness (QED) is 0.582. The van der Waals surface area contributed by atoms with Crippen molar-refractivity contribution in [3.8, 4) is 0 Å². The van der Waals surface area contributed by atoms with Gasteiger partial charge in [-0.25, -0.2) is 0 Å². The second kappa shape index (κ2) is 7.07. The summed E-state index contributed by atoms with van der Waals surface area (Å²) in [5, 5.41) is 13.0. The number of hydrogen-bond acceptors (Lipinski definition) is 4. The molecule has 18 heavy (non-hydrogen) atoms. The molecule has 0 radical (unpaired) electrons. The Labute approximate surface area is 110 Å². The molecular weight excluding hydrogens is 230 g/mol. The largest absolute Gasteiger partial charge is 0.389 e. The molecule has 1 aliphatic carbocycles. The fourth-order valence-corrected chi connectivity index (χ4v) is 2.37. The van der Waals surface area contributed by atoms with Gasteiger partial charge in [-0.3, -0.25) is 4.79 Å². The smallest absolute Gasteiger partial charge is 0.223 e. The number of carbonyl (C=O) groups is 1. The highest BCUT2D eigenvalue weighted by Crippen LogP contribution is 2.31. The number of rotatable bonds is 6. The molecule has 1 saturated carbocycles. The first kappa shape index (κ1) is 15.4. The average molecular weight is 257 g/mol. The van der Waals surface area contributed by atoms with Crippen molar-refractivity contribution in [1.82, 2.24) is 10.2 Å². The third-order valence-corrected chi connectivity index (χ3v) is 3.75. The van der Waals surface area contributed by atoms with Gasteiger partial charge in [0.05, 0.1) is 5.60 Å². The Bertz CT molecular complexity index is 261. The Balaban J connectivity index is 2.20. The molecule has 4 N–H and O–H groups in total. The van der Waals surface area contributed by atoms with E-state index in [0.717, 1.165) is 32.4 Å². The van der Waals surface area contributed by atoms with Crippen LogP contribution in [0, 0.1) is 5.92 Å². The molecule has 106 valence electrons. The summed E-state index contributed by atoms with van der Waals surface area (Å²) in [6.45, 7) is 2.01. The Kier molecular flexibility index (Phi) is 6.05. The number of aliphatic hydroxyl groups is 1. The molecule has 0 atom stereocenters. The van der Waals surface area contributed by atoms with Crippen LogP contribution in [-0.4, -0.2) is 55.2 Å². The maximum Gasteiger partial charge on any atom is 0.223 e. The SMILES string of the molecule is CN(C)CCCNC(=O)C1CCC(O)(CN)CC1. The number of carbonyl (C=O) groups excluding carboxylic acids is 1. The second-order valence-electron chi connectivity index (χ2n) is 5.65. The molecular formula is C13H27N3O2. The van der Waals surface area contributed by atoms with E-state index < -0.39 is 5.60 Å². The monoisotopic (exact) mass is 257 g/mol. The summed E-state index contributed by atoms with van der Waals surface area (Å²) in [6, 6.07) is 0. The average Bonchev–Trinajstić information content (AvgIpc) is 2.35. The molecule has 5 nitrogen and oxygen atoms in total. The van der Waals surface area contributed by atoms with Gasteiger partial charge in [-0.05, 0) is 52.7 Å². The summed E-state index contributed by atoms with van der Waals surface area (Å²) in [6.07, 6.45) is 3.73. The standard InChI is InChI=1S/C13H27N3O2/c1-16(2)9-3-8-15-12(17)11-4-6-13(18,10-14)7-5-11/h11,18H,3-10,14H2,1-2H3,(H,15,17). The molecule has 5 heteroatoms. The molecule has 0 aromatic rings. The van der Waals surface area contributed by atoms with Crippen LogP contribution >= 0.6 is 0 Å². The lowest BCUT2D eigenvalue weighted by Gasteiger charge is -2.34. The first-order valence-corrected chi connectivity index (χ1v) is 6.82. The van der Waals surface area contributed by atoms with E-state index >= 15 is 0 Å². The maximum atomic E-state index is 11.9. The minimum absolute atomic E-state index is 0.0520. The van der Waals surface area contributed by atoms with Crippen molar-refractivity contribution in [3.63, 3.8) is 0 Å². The third-order valence-electron chi connectivity index (χ3n) is 3.75. The van der Waals surface area contributed by atoms with Gasteiger partial charge in [0.25, 0.3) is 0 Å². The molecule has 0 heterocycles. The fraction of sp³-hybridized carbons (Fsp3) is 0.923. The summed E-state index contributed by atoms with van der Waals surface area (Å²) < 4.78 is 0. The topological polar surface area (TPSA) is 78.6 Å². The van der Waals surface area contributed by atoms with Gasteiger partial charge >= 0.3 is 0 Å². The predicted octanol–water partition coefficient (Wildman–Crippen LogP) is -0.0657. The molecule has 0 aromatic carbocycles. The molecule has 0 bridgehead atoms. The van der Waals surface area contributed by atoms with Crippen LogP contribution in [-0.2, 0) is 4.79 Å². The van der Waals surface area contributed by atoms with Gasteiger partial charge in [-0.15, -0.1) is 0 Å². The van der Waals surface area contributed by atoms with E-state index in [2.05, 4.69) is 10.2 Å². The molecule has 0 saturated heterocycles. The number of nitrogens with zero attached hydrogens (tertiary/aromatic N) is 1. The van der Waals surface area contributed by atoms with Crippen molar-refractivity contribution in [2.24, 2.45) is 11.7 Å². The van der Waals surface area contributed by atoms with E-state index in [1.54, 1.807) is 0 Å². The number of amides is 1. The number of nitrogens with one attached hydrogen (secondary N) is 1. The van der Waals surface area contributed by atoms with Gasteiger partial charge in [0, 0.05) is 19.0 Å². The molecule has 1 aliphatic rings. The maximum absolute atomic E-state index is 11.9. The van der Waals surface area contributed by atoms with Crippen molar-refractivity contribution >= 4 is 5.91 Å². The van der Waals surface area contributed by atoms with Gasteiger partial charge in [-0.2, -0.15) is 0 Å². The summed E-state index contributed by atoms with van der Waals surface area (Å²) in [4.78, 5) is 14.0. The van der Waals surface area contributed by atoms with Crippen LogP contribution in [0.3, 0.4) is 0 Å². The number of nitrogens with two attached hydrogens (primary N) is 1. The third kappa shape index (κ3) is 4.92. The predicted molar refractivity (Wildman–Crippen MR) is 72.1 cm³/mol. The lowest BCUT2D eigenvalue weighted by atomic mass is 9.78. The minimum Gasteiger partial charge on any atom is -0.389 e. The van der Waals surface area contributed by atoms with Crippen LogP contribution < -0.4 is 11.1 Å². The van der Waals surface area contributed by atoms with Crippen LogP contribution in [0.5, 0.6) is 0 Å². The zero-order valence-electron chi connectivity index (χ0n) is 11.6. The van der Waals surface area contributed by atoms with Crippen LogP contribution in [0.25, 0.3) is 0 Å². The zero-order valence-corrected chi connectivity index (χ0v) is 11.6. The van der Waals surface area contributed by atoms with Crippen LogP contribution in [0.2, 0.25) is 0 Å². The van der Waals surface area contributed by atoms with Gasteiger partial charge in [-0.1, -0.05) is 0 Å². The van der Waals surface area contributed by atoms with Crippen molar-refractivity contribution in [2.45, 2.75) is 37.7 Å². The van der Waals surface area contributed by atoms with Gasteiger partial charge in [0.1, 0.15) is 0 Å². The van der Waals surface area contributed by atoms with E-state index in [0.29, 0.717) is 19.4 Å². The number of hydrogen-bond donors (Lipinski definition) is 3. The van der Waals surface area contributed by atoms with E-state index in [1.165, 1.54) is 0 Å². The molecule has 1 fully saturated rings. The van der Waals surface area contributed by atoms with Crippen molar-refractivity contribution in [1.29, 1.82) is 0 Å². The molecule has 0 aromatic heterocycles.